The number of aliphatic hydroxyl groups excluding tert-OH is 1. The van der Waals surface area contributed by atoms with Gasteiger partial charge in [-0.15, -0.1) is 0 Å². The SMILES string of the molecule is CC(C)c1ncc(N2CC(C)(C)OC(C)(C)C2)c(CO)n1. The lowest BCUT2D eigenvalue weighted by atomic mass is 9.98. The molecular formula is C16H27N3O2. The van der Waals surface area contributed by atoms with Crippen molar-refractivity contribution in [2.24, 2.45) is 0 Å². The van der Waals surface area contributed by atoms with Crippen LogP contribution in [0, 0.1) is 0 Å². The molecule has 0 saturated carbocycles. The Morgan fingerprint density at radius 3 is 2.29 bits per heavy atom. The van der Waals surface area contributed by atoms with Gasteiger partial charge in [0.1, 0.15) is 5.82 Å². The highest BCUT2D eigenvalue weighted by molar-refractivity contribution is 5.50. The van der Waals surface area contributed by atoms with Crippen molar-refractivity contribution in [3.63, 3.8) is 0 Å². The van der Waals surface area contributed by atoms with Crippen molar-refractivity contribution in [1.82, 2.24) is 9.97 Å². The molecule has 21 heavy (non-hydrogen) atoms. The summed E-state index contributed by atoms with van der Waals surface area (Å²) >= 11 is 0. The minimum atomic E-state index is -0.245. The maximum Gasteiger partial charge on any atom is 0.131 e. The molecule has 0 radical (unpaired) electrons. The number of aromatic nitrogens is 2. The lowest BCUT2D eigenvalue weighted by Gasteiger charge is -2.48. The van der Waals surface area contributed by atoms with E-state index in [0.29, 0.717) is 5.69 Å². The Hall–Kier alpha value is -1.20. The Bertz CT molecular complexity index is 496. The molecule has 0 unspecified atom stereocenters. The highest BCUT2D eigenvalue weighted by atomic mass is 16.5. The fourth-order valence-electron chi connectivity index (χ4n) is 3.04. The van der Waals surface area contributed by atoms with Crippen molar-refractivity contribution in [3.8, 4) is 0 Å². The van der Waals surface area contributed by atoms with Gasteiger partial charge in [0.15, 0.2) is 0 Å². The Morgan fingerprint density at radius 2 is 1.81 bits per heavy atom. The van der Waals surface area contributed by atoms with E-state index in [-0.39, 0.29) is 23.7 Å². The molecule has 0 aliphatic carbocycles. The average molecular weight is 293 g/mol. The first-order valence-corrected chi connectivity index (χ1v) is 7.55. The number of ether oxygens (including phenoxy) is 1. The maximum atomic E-state index is 9.67. The first kappa shape index (κ1) is 16.2. The number of aliphatic hydroxyl groups is 1. The summed E-state index contributed by atoms with van der Waals surface area (Å²) in [7, 11) is 0. The number of anilines is 1. The van der Waals surface area contributed by atoms with E-state index in [1.54, 1.807) is 0 Å². The molecule has 2 rings (SSSR count). The van der Waals surface area contributed by atoms with Gasteiger partial charge in [-0.2, -0.15) is 0 Å². The monoisotopic (exact) mass is 293 g/mol. The van der Waals surface area contributed by atoms with Gasteiger partial charge >= 0.3 is 0 Å². The maximum absolute atomic E-state index is 9.67. The van der Waals surface area contributed by atoms with Gasteiger partial charge in [0.2, 0.25) is 0 Å². The minimum Gasteiger partial charge on any atom is -0.390 e. The second-order valence-electron chi connectivity index (χ2n) is 7.35. The van der Waals surface area contributed by atoms with E-state index in [2.05, 4.69) is 56.4 Å². The first-order chi connectivity index (χ1) is 9.63. The van der Waals surface area contributed by atoms with Crippen LogP contribution < -0.4 is 4.90 Å². The van der Waals surface area contributed by atoms with E-state index in [1.807, 2.05) is 6.20 Å². The van der Waals surface area contributed by atoms with Gasteiger partial charge < -0.3 is 14.7 Å². The third kappa shape index (κ3) is 3.71. The van der Waals surface area contributed by atoms with E-state index >= 15 is 0 Å². The van der Waals surface area contributed by atoms with Crippen molar-refractivity contribution < 1.29 is 9.84 Å². The molecule has 1 fully saturated rings. The molecule has 0 bridgehead atoms. The van der Waals surface area contributed by atoms with Crippen molar-refractivity contribution in [1.29, 1.82) is 0 Å². The van der Waals surface area contributed by atoms with Gasteiger partial charge in [0.25, 0.3) is 0 Å². The largest absolute Gasteiger partial charge is 0.390 e. The Balaban J connectivity index is 2.36. The molecule has 0 spiro atoms. The van der Waals surface area contributed by atoms with Gasteiger partial charge in [0.05, 0.1) is 35.4 Å². The molecule has 1 aliphatic heterocycles. The molecule has 0 aromatic carbocycles. The van der Waals surface area contributed by atoms with Crippen LogP contribution >= 0.6 is 0 Å². The zero-order chi connectivity index (χ0) is 15.8. The molecule has 5 heteroatoms. The van der Waals surface area contributed by atoms with E-state index < -0.39 is 0 Å². The molecule has 0 amide bonds. The lowest BCUT2D eigenvalue weighted by molar-refractivity contribution is -0.133. The van der Waals surface area contributed by atoms with E-state index in [0.717, 1.165) is 24.6 Å². The summed E-state index contributed by atoms with van der Waals surface area (Å²) in [6.45, 7) is 13.9. The number of rotatable bonds is 3. The summed E-state index contributed by atoms with van der Waals surface area (Å²) in [5.74, 6) is 1.02. The normalized spacial score (nSPS) is 20.9. The third-order valence-corrected chi connectivity index (χ3v) is 3.57. The second-order valence-corrected chi connectivity index (χ2v) is 7.35. The molecule has 5 nitrogen and oxygen atoms in total. The summed E-state index contributed by atoms with van der Waals surface area (Å²) in [4.78, 5) is 11.2. The number of morpholine rings is 1. The second kappa shape index (κ2) is 5.54. The summed E-state index contributed by atoms with van der Waals surface area (Å²) < 4.78 is 6.10. The van der Waals surface area contributed by atoms with Gasteiger partial charge in [-0.05, 0) is 27.7 Å². The molecule has 2 heterocycles. The molecule has 1 aromatic heterocycles. The van der Waals surface area contributed by atoms with Crippen LogP contribution in [-0.4, -0.2) is 39.4 Å². The summed E-state index contributed by atoms with van der Waals surface area (Å²) in [5, 5.41) is 9.67. The van der Waals surface area contributed by atoms with Crippen molar-refractivity contribution in [2.75, 3.05) is 18.0 Å². The zero-order valence-electron chi connectivity index (χ0n) is 14.0. The summed E-state index contributed by atoms with van der Waals surface area (Å²) in [6, 6.07) is 0. The van der Waals surface area contributed by atoms with Crippen LogP contribution in [0.15, 0.2) is 6.20 Å². The van der Waals surface area contributed by atoms with Crippen molar-refractivity contribution in [3.05, 3.63) is 17.7 Å². The zero-order valence-corrected chi connectivity index (χ0v) is 14.0. The van der Waals surface area contributed by atoms with Gasteiger partial charge in [-0.1, -0.05) is 13.8 Å². The molecule has 1 N–H and O–H groups in total. The van der Waals surface area contributed by atoms with Crippen LogP contribution in [0.25, 0.3) is 0 Å². The van der Waals surface area contributed by atoms with Crippen molar-refractivity contribution in [2.45, 2.75) is 65.3 Å². The molecule has 1 aromatic rings. The quantitative estimate of drug-likeness (QED) is 0.928. The minimum absolute atomic E-state index is 0.0736. The van der Waals surface area contributed by atoms with Crippen LogP contribution in [0.4, 0.5) is 5.69 Å². The van der Waals surface area contributed by atoms with Crippen LogP contribution in [-0.2, 0) is 11.3 Å². The molecule has 0 atom stereocenters. The molecule has 1 aliphatic rings. The Morgan fingerprint density at radius 1 is 1.24 bits per heavy atom. The topological polar surface area (TPSA) is 58.5 Å². The number of hydrogen-bond acceptors (Lipinski definition) is 5. The lowest BCUT2D eigenvalue weighted by Crippen LogP contribution is -2.57. The van der Waals surface area contributed by atoms with Crippen molar-refractivity contribution >= 4 is 5.69 Å². The van der Waals surface area contributed by atoms with Gasteiger partial charge in [-0.25, -0.2) is 9.97 Å². The summed E-state index contributed by atoms with van der Waals surface area (Å²) in [5.41, 5.74) is 1.12. The van der Waals surface area contributed by atoms with Crippen LogP contribution in [0.1, 0.15) is 59.0 Å². The Kier molecular flexibility index (Phi) is 4.26. The van der Waals surface area contributed by atoms with E-state index in [4.69, 9.17) is 4.74 Å². The smallest absolute Gasteiger partial charge is 0.131 e. The van der Waals surface area contributed by atoms with Gasteiger partial charge in [0, 0.05) is 19.0 Å². The highest BCUT2D eigenvalue weighted by Crippen LogP contribution is 2.32. The fourth-order valence-corrected chi connectivity index (χ4v) is 3.04. The van der Waals surface area contributed by atoms with E-state index in [1.165, 1.54) is 0 Å². The molecular weight excluding hydrogens is 266 g/mol. The standard InChI is InChI=1S/C16H27N3O2/c1-11(2)14-17-7-13(12(8-20)18-14)19-9-15(3,4)21-16(5,6)10-19/h7,11,20H,8-10H2,1-6H3. The van der Waals surface area contributed by atoms with Crippen LogP contribution in [0.2, 0.25) is 0 Å². The predicted octanol–water partition coefficient (Wildman–Crippen LogP) is 2.49. The van der Waals surface area contributed by atoms with E-state index in [9.17, 15) is 5.11 Å². The van der Waals surface area contributed by atoms with Crippen LogP contribution in [0.5, 0.6) is 0 Å². The molecule has 118 valence electrons. The van der Waals surface area contributed by atoms with Gasteiger partial charge in [-0.3, -0.25) is 0 Å². The highest BCUT2D eigenvalue weighted by Gasteiger charge is 2.39. The van der Waals surface area contributed by atoms with Crippen LogP contribution in [0.3, 0.4) is 0 Å². The first-order valence-electron chi connectivity index (χ1n) is 7.55. The average Bonchev–Trinajstić information content (AvgIpc) is 2.34. The predicted molar refractivity (Wildman–Crippen MR) is 83.5 cm³/mol. The number of nitrogens with zero attached hydrogens (tertiary/aromatic N) is 3. The summed E-state index contributed by atoms with van der Waals surface area (Å²) in [6.07, 6.45) is 1.84. The number of hydrogen-bond donors (Lipinski definition) is 1. The Labute approximate surface area is 127 Å². The third-order valence-electron chi connectivity index (χ3n) is 3.57. The fraction of sp³-hybridized carbons (Fsp3) is 0.750. The molecule has 1 saturated heterocycles.